The number of carbonyl (C=O) groups excluding carboxylic acids is 2. The van der Waals surface area contributed by atoms with Gasteiger partial charge in [0.25, 0.3) is 0 Å². The molecule has 18 heteroatoms. The minimum atomic E-state index is -4.31. The molecular weight excluding hydrogens is 690 g/mol. The Hall–Kier alpha value is -0.380. The van der Waals surface area contributed by atoms with Gasteiger partial charge in [-0.1, -0.05) is 38.5 Å². The van der Waals surface area contributed by atoms with Crippen LogP contribution in [0.4, 0.5) is 4.79 Å². The number of nitrogens with one attached hydrogen (secondary N) is 3. The number of hydrogen-bond donors (Lipinski definition) is 7. The summed E-state index contributed by atoms with van der Waals surface area (Å²) >= 11 is 6.03. The molecule has 6 atom stereocenters. The first kappa shape index (κ1) is 42.8. The topological polar surface area (TPSA) is 208 Å². The molecule has 2 rings (SSSR count). The summed E-state index contributed by atoms with van der Waals surface area (Å²) in [6, 6.07) is 0.276. The average Bonchev–Trinajstić information content (AvgIpc) is 3.58. The van der Waals surface area contributed by atoms with Crippen LogP contribution in [0.15, 0.2) is 0 Å². The molecule has 0 aromatic carbocycles. The fraction of sp³-hybridized carbons (Fsp3) is 0.931. The molecule has 2 heterocycles. The molecule has 6 unspecified atom stereocenters. The predicted octanol–water partition coefficient (Wildman–Crippen LogP) is 4.89. The zero-order valence-electron chi connectivity index (χ0n) is 27.6. The molecule has 7 N–H and O–H groups in total. The number of unbranched alkanes of at least 4 members (excludes halogenated alkanes) is 8. The number of thiol groups is 1. The van der Waals surface area contributed by atoms with Crippen molar-refractivity contribution >= 4 is 52.0 Å². The molecule has 2 aliphatic heterocycles. The second-order valence-corrected chi connectivity index (χ2v) is 16.7. The molecule has 0 spiro atoms. The Morgan fingerprint density at radius 3 is 2.17 bits per heavy atom. The molecule has 2 aliphatic rings. The maximum Gasteiger partial charge on any atom is 0.472 e. The van der Waals surface area contributed by atoms with Gasteiger partial charge in [-0.15, -0.1) is 0 Å². The summed E-state index contributed by atoms with van der Waals surface area (Å²) in [5.74, 6) is 1.21. The van der Waals surface area contributed by atoms with Crippen molar-refractivity contribution in [3.63, 3.8) is 0 Å². The van der Waals surface area contributed by atoms with Gasteiger partial charge in [0, 0.05) is 29.9 Å². The number of urea groups is 1. The number of phosphoric ester groups is 2. The van der Waals surface area contributed by atoms with Gasteiger partial charge in [0.2, 0.25) is 5.91 Å². The number of fused-ring (bicyclic) bond motifs is 1. The fourth-order valence-corrected chi connectivity index (χ4v) is 8.80. The van der Waals surface area contributed by atoms with Crippen molar-refractivity contribution in [2.24, 2.45) is 11.7 Å². The van der Waals surface area contributed by atoms with Crippen molar-refractivity contribution < 1.29 is 46.6 Å². The summed E-state index contributed by atoms with van der Waals surface area (Å²) in [6.07, 6.45) is 11.4. The molecular formula is C29H58N4O10P2S2. The Labute approximate surface area is 290 Å². The number of hydrogen-bond acceptors (Lipinski definition) is 11. The first-order valence-corrected chi connectivity index (χ1v) is 21.7. The van der Waals surface area contributed by atoms with Crippen molar-refractivity contribution in [3.8, 4) is 0 Å². The monoisotopic (exact) mass is 748 g/mol. The van der Waals surface area contributed by atoms with Crippen molar-refractivity contribution in [2.75, 3.05) is 51.0 Å². The summed E-state index contributed by atoms with van der Waals surface area (Å²) in [4.78, 5) is 44.1. The lowest BCUT2D eigenvalue weighted by atomic mass is 10.0. The minimum Gasteiger partial charge on any atom is -0.356 e. The van der Waals surface area contributed by atoms with Crippen LogP contribution in [0.3, 0.4) is 0 Å². The Bertz CT molecular complexity index is 949. The number of rotatable bonds is 30. The first-order chi connectivity index (χ1) is 22.5. The molecule has 0 saturated carbocycles. The lowest BCUT2D eigenvalue weighted by Crippen LogP contribution is -2.36. The van der Waals surface area contributed by atoms with Crippen molar-refractivity contribution in [1.82, 2.24) is 16.0 Å². The maximum atomic E-state index is 12.4. The minimum absolute atomic E-state index is 0.0219. The molecule has 2 fully saturated rings. The third kappa shape index (κ3) is 20.2. The van der Waals surface area contributed by atoms with E-state index in [0.29, 0.717) is 56.9 Å². The Balaban J connectivity index is 1.67. The van der Waals surface area contributed by atoms with Crippen LogP contribution in [0, 0.1) is 5.92 Å². The third-order valence-corrected chi connectivity index (χ3v) is 11.8. The number of phosphoric acid groups is 2. The summed E-state index contributed by atoms with van der Waals surface area (Å²) in [5, 5.41) is 9.23. The van der Waals surface area contributed by atoms with Crippen molar-refractivity contribution in [3.05, 3.63) is 0 Å². The molecule has 14 nitrogen and oxygen atoms in total. The normalized spacial score (nSPS) is 22.2. The number of thioether (sulfide) groups is 1. The van der Waals surface area contributed by atoms with Crippen LogP contribution in [0.2, 0.25) is 0 Å². The van der Waals surface area contributed by atoms with Crippen LogP contribution in [0.5, 0.6) is 0 Å². The molecule has 3 amide bonds. The van der Waals surface area contributed by atoms with Crippen molar-refractivity contribution in [2.45, 2.75) is 114 Å². The van der Waals surface area contributed by atoms with E-state index >= 15 is 0 Å². The Morgan fingerprint density at radius 2 is 1.53 bits per heavy atom. The number of amides is 3. The summed E-state index contributed by atoms with van der Waals surface area (Å²) < 4.78 is 45.4. The van der Waals surface area contributed by atoms with Gasteiger partial charge >= 0.3 is 21.7 Å². The highest BCUT2D eigenvalue weighted by Crippen LogP contribution is 2.46. The molecule has 47 heavy (non-hydrogen) atoms. The molecule has 0 radical (unpaired) electrons. The van der Waals surface area contributed by atoms with E-state index in [0.717, 1.165) is 69.3 Å². The lowest BCUT2D eigenvalue weighted by molar-refractivity contribution is -0.121. The van der Waals surface area contributed by atoms with E-state index in [4.69, 9.17) is 23.8 Å². The fourth-order valence-electron chi connectivity index (χ4n) is 5.36. The average molecular weight is 749 g/mol. The van der Waals surface area contributed by atoms with E-state index in [2.05, 4.69) is 28.6 Å². The van der Waals surface area contributed by atoms with Gasteiger partial charge in [0.1, 0.15) is 0 Å². The zero-order chi connectivity index (χ0) is 34.4. The predicted molar refractivity (Wildman–Crippen MR) is 188 cm³/mol. The van der Waals surface area contributed by atoms with Gasteiger partial charge in [0.05, 0.1) is 38.5 Å². The summed E-state index contributed by atoms with van der Waals surface area (Å²) in [5.41, 5.74) is 5.48. The smallest absolute Gasteiger partial charge is 0.356 e. The molecule has 0 aromatic heterocycles. The van der Waals surface area contributed by atoms with E-state index in [1.54, 1.807) is 0 Å². The van der Waals surface area contributed by atoms with E-state index in [1.807, 2.05) is 11.8 Å². The third-order valence-electron chi connectivity index (χ3n) is 8.05. The van der Waals surface area contributed by atoms with Gasteiger partial charge in [-0.25, -0.2) is 13.9 Å². The second-order valence-electron chi connectivity index (χ2n) is 12.1. The van der Waals surface area contributed by atoms with Crippen LogP contribution in [-0.4, -0.2) is 90.1 Å². The number of nitrogens with two attached hydrogens (primary N) is 1. The van der Waals surface area contributed by atoms with Crippen molar-refractivity contribution in [1.29, 1.82) is 0 Å². The highest BCUT2D eigenvalue weighted by molar-refractivity contribution is 8.00. The van der Waals surface area contributed by atoms with Gasteiger partial charge in [-0.3, -0.25) is 22.9 Å². The summed E-state index contributed by atoms with van der Waals surface area (Å²) in [7, 11) is -8.62. The Kier molecular flexibility index (Phi) is 22.5. The SMILES string of the molecule is NCCCCCCOP(=O)(O)OCC(CCCCNC(=O)CCCCC1SCC2NC(=O)NC21)COP(=O)(O)OCCCCCCS. The number of carbonyl (C=O) groups is 2. The Morgan fingerprint density at radius 1 is 0.894 bits per heavy atom. The van der Waals surface area contributed by atoms with E-state index in [-0.39, 0.29) is 50.4 Å². The van der Waals surface area contributed by atoms with E-state index in [1.165, 1.54) is 0 Å². The van der Waals surface area contributed by atoms with Gasteiger partial charge in [0.15, 0.2) is 0 Å². The molecule has 0 bridgehead atoms. The van der Waals surface area contributed by atoms with Crippen LogP contribution >= 0.6 is 40.0 Å². The zero-order valence-corrected chi connectivity index (χ0v) is 31.1. The molecule has 276 valence electrons. The van der Waals surface area contributed by atoms with Crippen LogP contribution in [0.25, 0.3) is 0 Å². The standard InChI is InChI=1S/C29H58N4O10P2S2/c30-16-8-1-2-10-18-40-44(36,37)42-21-24(22-43-45(38,39)41-19-11-3-4-12-20-46)13-7-9-17-31-27(34)15-6-5-14-26-28-25(23-47-26)32-29(35)33-28/h24-26,28,46H,1-23,30H2,(H,31,34)(H,36,37)(H,38,39)(H2,32,33,35). The van der Waals surface area contributed by atoms with Crippen LogP contribution in [-0.2, 0) is 32.0 Å². The van der Waals surface area contributed by atoms with Gasteiger partial charge < -0.3 is 31.5 Å². The summed E-state index contributed by atoms with van der Waals surface area (Å²) in [6.45, 7) is 0.805. The van der Waals surface area contributed by atoms with Gasteiger partial charge in [-0.05, 0) is 63.7 Å². The highest BCUT2D eigenvalue weighted by atomic mass is 32.2. The molecule has 0 aromatic rings. The van der Waals surface area contributed by atoms with Crippen LogP contribution < -0.4 is 21.7 Å². The highest BCUT2D eigenvalue weighted by Gasteiger charge is 2.42. The largest absolute Gasteiger partial charge is 0.472 e. The molecule has 2 saturated heterocycles. The van der Waals surface area contributed by atoms with E-state index < -0.39 is 21.6 Å². The van der Waals surface area contributed by atoms with E-state index in [9.17, 15) is 28.5 Å². The maximum absolute atomic E-state index is 12.4. The lowest BCUT2D eigenvalue weighted by Gasteiger charge is -2.21. The quantitative estimate of drug-likeness (QED) is 0.0227. The van der Waals surface area contributed by atoms with Crippen LogP contribution in [0.1, 0.15) is 96.3 Å². The first-order valence-electron chi connectivity index (χ1n) is 17.0. The second kappa shape index (κ2) is 24.7. The van der Waals surface area contributed by atoms with Gasteiger partial charge in [-0.2, -0.15) is 24.4 Å². The molecule has 0 aliphatic carbocycles.